The number of hydrogen-bond acceptors (Lipinski definition) is 1. The Morgan fingerprint density at radius 1 is 1.22 bits per heavy atom. The molecule has 1 aliphatic heterocycles. The fraction of sp³-hybridized carbons (Fsp3) is 1.00. The van der Waals surface area contributed by atoms with Crippen molar-refractivity contribution in [1.82, 2.24) is 5.32 Å². The predicted molar refractivity (Wildman–Crippen MR) is 38.7 cm³/mol. The minimum absolute atomic E-state index is 0.477. The number of nitrogens with one attached hydrogen (secondary N) is 1. The van der Waals surface area contributed by atoms with Crippen molar-refractivity contribution in [1.29, 1.82) is 0 Å². The average Bonchev–Trinajstić information content (AvgIpc) is 2.35. The van der Waals surface area contributed by atoms with Gasteiger partial charge in [0.2, 0.25) is 0 Å². The number of fused-ring (bicyclic) bond motifs is 1. The van der Waals surface area contributed by atoms with E-state index in [1.807, 2.05) is 0 Å². The van der Waals surface area contributed by atoms with E-state index in [0.717, 1.165) is 11.8 Å². The van der Waals surface area contributed by atoms with Crippen molar-refractivity contribution in [3.05, 3.63) is 0 Å². The van der Waals surface area contributed by atoms with E-state index in [4.69, 9.17) is 11.6 Å². The minimum atomic E-state index is 0.477. The van der Waals surface area contributed by atoms with Crippen molar-refractivity contribution in [2.45, 2.75) is 18.2 Å². The molecular formula is C7H12ClN. The van der Waals surface area contributed by atoms with Crippen LogP contribution in [0, 0.1) is 11.8 Å². The lowest BCUT2D eigenvalue weighted by molar-refractivity contribution is 0.497. The molecule has 1 N–H and O–H groups in total. The van der Waals surface area contributed by atoms with Crippen molar-refractivity contribution in [2.24, 2.45) is 11.8 Å². The van der Waals surface area contributed by atoms with Crippen molar-refractivity contribution in [2.75, 3.05) is 13.1 Å². The molecule has 3 atom stereocenters. The quantitative estimate of drug-likeness (QED) is 0.506. The molecule has 2 rings (SSSR count). The van der Waals surface area contributed by atoms with Crippen molar-refractivity contribution in [3.8, 4) is 0 Å². The van der Waals surface area contributed by atoms with E-state index in [2.05, 4.69) is 5.32 Å². The normalized spacial score (nSPS) is 49.7. The van der Waals surface area contributed by atoms with Crippen LogP contribution in [0.1, 0.15) is 12.8 Å². The molecule has 0 aromatic heterocycles. The highest BCUT2D eigenvalue weighted by atomic mass is 35.5. The first-order valence-corrected chi connectivity index (χ1v) is 4.16. The third kappa shape index (κ3) is 0.870. The molecule has 2 fully saturated rings. The van der Waals surface area contributed by atoms with Gasteiger partial charge in [0.25, 0.3) is 0 Å². The van der Waals surface area contributed by atoms with E-state index in [0.29, 0.717) is 5.38 Å². The Labute approximate surface area is 60.8 Å². The van der Waals surface area contributed by atoms with Crippen molar-refractivity contribution < 1.29 is 0 Å². The van der Waals surface area contributed by atoms with Gasteiger partial charge in [0, 0.05) is 5.38 Å². The molecule has 0 aromatic rings. The number of alkyl halides is 1. The summed E-state index contributed by atoms with van der Waals surface area (Å²) in [5.41, 5.74) is 0. The zero-order valence-electron chi connectivity index (χ0n) is 5.44. The zero-order chi connectivity index (χ0) is 6.27. The van der Waals surface area contributed by atoms with Crippen molar-refractivity contribution >= 4 is 11.6 Å². The summed E-state index contributed by atoms with van der Waals surface area (Å²) in [6.07, 6.45) is 2.60. The molecule has 1 aliphatic carbocycles. The van der Waals surface area contributed by atoms with Gasteiger partial charge in [0.1, 0.15) is 0 Å². The molecule has 0 bridgehead atoms. The van der Waals surface area contributed by atoms with E-state index < -0.39 is 0 Å². The molecule has 0 radical (unpaired) electrons. The Hall–Kier alpha value is 0.250. The Morgan fingerprint density at radius 2 is 2.11 bits per heavy atom. The van der Waals surface area contributed by atoms with Gasteiger partial charge in [-0.25, -0.2) is 0 Å². The SMILES string of the molecule is ClC1CCC2CNCC12. The van der Waals surface area contributed by atoms with Gasteiger partial charge in [-0.3, -0.25) is 0 Å². The standard InChI is InChI=1S/C7H12ClN/c8-7-2-1-5-3-9-4-6(5)7/h5-7,9H,1-4H2. The Bertz CT molecular complexity index is 115. The Kier molecular flexibility index (Phi) is 1.42. The maximum Gasteiger partial charge on any atom is 0.0379 e. The highest BCUT2D eigenvalue weighted by molar-refractivity contribution is 6.21. The fourth-order valence-electron chi connectivity index (χ4n) is 2.08. The van der Waals surface area contributed by atoms with Crippen LogP contribution in [0.5, 0.6) is 0 Å². The second kappa shape index (κ2) is 2.14. The molecule has 0 spiro atoms. The molecule has 1 heterocycles. The van der Waals surface area contributed by atoms with Crippen LogP contribution >= 0.6 is 11.6 Å². The van der Waals surface area contributed by atoms with Gasteiger partial charge in [-0.05, 0) is 37.8 Å². The van der Waals surface area contributed by atoms with Gasteiger partial charge in [0.15, 0.2) is 0 Å². The van der Waals surface area contributed by atoms with Crippen LogP contribution in [-0.2, 0) is 0 Å². The Balaban J connectivity index is 2.07. The second-order valence-electron chi connectivity index (χ2n) is 3.18. The lowest BCUT2D eigenvalue weighted by atomic mass is 10.0. The highest BCUT2D eigenvalue weighted by Crippen LogP contribution is 2.37. The lowest BCUT2D eigenvalue weighted by Gasteiger charge is -2.08. The van der Waals surface area contributed by atoms with E-state index in [-0.39, 0.29) is 0 Å². The number of hydrogen-bond donors (Lipinski definition) is 1. The summed E-state index contributed by atoms with van der Waals surface area (Å²) < 4.78 is 0. The van der Waals surface area contributed by atoms with E-state index in [1.54, 1.807) is 0 Å². The number of halogens is 1. The summed E-state index contributed by atoms with van der Waals surface area (Å²) >= 11 is 6.07. The summed E-state index contributed by atoms with van der Waals surface area (Å²) in [5.74, 6) is 1.71. The summed E-state index contributed by atoms with van der Waals surface area (Å²) in [6, 6.07) is 0. The molecular weight excluding hydrogens is 134 g/mol. The molecule has 9 heavy (non-hydrogen) atoms. The molecule has 1 nitrogen and oxygen atoms in total. The first-order valence-electron chi connectivity index (χ1n) is 3.72. The highest BCUT2D eigenvalue weighted by Gasteiger charge is 2.37. The van der Waals surface area contributed by atoms with Gasteiger partial charge in [-0.2, -0.15) is 0 Å². The third-order valence-corrected chi connectivity index (χ3v) is 3.21. The van der Waals surface area contributed by atoms with E-state index >= 15 is 0 Å². The number of rotatable bonds is 0. The predicted octanol–water partition coefficient (Wildman–Crippen LogP) is 1.22. The first kappa shape index (κ1) is 5.99. The molecule has 2 heteroatoms. The molecule has 1 saturated heterocycles. The molecule has 2 aliphatic rings. The average molecular weight is 146 g/mol. The van der Waals surface area contributed by atoms with Crippen LogP contribution in [0.25, 0.3) is 0 Å². The summed E-state index contributed by atoms with van der Waals surface area (Å²) in [5, 5.41) is 3.85. The molecule has 0 aromatic carbocycles. The van der Waals surface area contributed by atoms with Crippen LogP contribution in [0.3, 0.4) is 0 Å². The monoisotopic (exact) mass is 145 g/mol. The Morgan fingerprint density at radius 3 is 2.89 bits per heavy atom. The zero-order valence-corrected chi connectivity index (χ0v) is 6.19. The minimum Gasteiger partial charge on any atom is -0.316 e. The largest absolute Gasteiger partial charge is 0.316 e. The van der Waals surface area contributed by atoms with E-state index in [1.165, 1.54) is 25.9 Å². The maximum atomic E-state index is 6.07. The maximum absolute atomic E-state index is 6.07. The lowest BCUT2D eigenvalue weighted by Crippen LogP contribution is -2.15. The third-order valence-electron chi connectivity index (χ3n) is 2.67. The molecule has 52 valence electrons. The van der Waals surface area contributed by atoms with Crippen molar-refractivity contribution in [3.63, 3.8) is 0 Å². The van der Waals surface area contributed by atoms with Crippen LogP contribution in [0.2, 0.25) is 0 Å². The molecule has 1 saturated carbocycles. The van der Waals surface area contributed by atoms with Crippen LogP contribution in [-0.4, -0.2) is 18.5 Å². The smallest absolute Gasteiger partial charge is 0.0379 e. The second-order valence-corrected chi connectivity index (χ2v) is 3.74. The van der Waals surface area contributed by atoms with Gasteiger partial charge in [-0.15, -0.1) is 11.6 Å². The van der Waals surface area contributed by atoms with Crippen LogP contribution < -0.4 is 5.32 Å². The summed E-state index contributed by atoms with van der Waals surface area (Å²) in [7, 11) is 0. The van der Waals surface area contributed by atoms with Crippen LogP contribution in [0.4, 0.5) is 0 Å². The summed E-state index contributed by atoms with van der Waals surface area (Å²) in [6.45, 7) is 2.38. The van der Waals surface area contributed by atoms with Gasteiger partial charge >= 0.3 is 0 Å². The van der Waals surface area contributed by atoms with Crippen LogP contribution in [0.15, 0.2) is 0 Å². The molecule has 3 unspecified atom stereocenters. The van der Waals surface area contributed by atoms with E-state index in [9.17, 15) is 0 Å². The molecule has 0 amide bonds. The van der Waals surface area contributed by atoms with Gasteiger partial charge in [-0.1, -0.05) is 0 Å². The fourth-order valence-corrected chi connectivity index (χ4v) is 2.50. The topological polar surface area (TPSA) is 12.0 Å². The van der Waals surface area contributed by atoms with Gasteiger partial charge < -0.3 is 5.32 Å². The summed E-state index contributed by atoms with van der Waals surface area (Å²) in [4.78, 5) is 0. The first-order chi connectivity index (χ1) is 4.38. The van der Waals surface area contributed by atoms with Gasteiger partial charge in [0.05, 0.1) is 0 Å².